The first-order valence-corrected chi connectivity index (χ1v) is 9.98. The summed E-state index contributed by atoms with van der Waals surface area (Å²) in [5.41, 5.74) is 6.93. The zero-order valence-electron chi connectivity index (χ0n) is 17.0. The molecule has 29 heavy (non-hydrogen) atoms. The van der Waals surface area contributed by atoms with Gasteiger partial charge in [-0.1, -0.05) is 0 Å². The molecule has 2 saturated heterocycles. The Morgan fingerprint density at radius 1 is 0.828 bits per heavy atom. The lowest BCUT2D eigenvalue weighted by molar-refractivity contribution is 0.104. The molecule has 2 aliphatic rings. The number of hydrogen-bond acceptors (Lipinski definition) is 9. The van der Waals surface area contributed by atoms with Crippen molar-refractivity contribution in [2.24, 2.45) is 0 Å². The van der Waals surface area contributed by atoms with Crippen molar-refractivity contribution in [3.05, 3.63) is 6.33 Å². The van der Waals surface area contributed by atoms with Crippen molar-refractivity contribution in [2.45, 2.75) is 13.8 Å². The van der Waals surface area contributed by atoms with Gasteiger partial charge in [-0.3, -0.25) is 0 Å². The average Bonchev–Trinajstić information content (AvgIpc) is 2.74. The van der Waals surface area contributed by atoms with Crippen LogP contribution in [0.2, 0.25) is 0 Å². The van der Waals surface area contributed by atoms with Gasteiger partial charge in [0.2, 0.25) is 0 Å². The van der Waals surface area contributed by atoms with Crippen molar-refractivity contribution in [3.8, 4) is 0 Å². The van der Waals surface area contributed by atoms with Crippen molar-refractivity contribution in [1.29, 1.82) is 0 Å². The summed E-state index contributed by atoms with van der Waals surface area (Å²) >= 11 is 0. The van der Waals surface area contributed by atoms with Gasteiger partial charge >= 0.3 is 12.2 Å². The molecule has 2 fully saturated rings. The monoisotopic (exact) mass is 407 g/mol. The molecular weight excluding hydrogens is 378 g/mol. The second-order valence-corrected chi connectivity index (χ2v) is 6.78. The maximum Gasteiger partial charge on any atom is 0.409 e. The van der Waals surface area contributed by atoms with E-state index >= 15 is 0 Å². The Balaban J connectivity index is 1.62. The van der Waals surface area contributed by atoms with Gasteiger partial charge in [0.25, 0.3) is 0 Å². The summed E-state index contributed by atoms with van der Waals surface area (Å²) in [4.78, 5) is 40.0. The van der Waals surface area contributed by atoms with Gasteiger partial charge in [0.1, 0.15) is 12.0 Å². The molecule has 11 nitrogen and oxygen atoms in total. The molecular formula is C18H29N7O4. The largest absolute Gasteiger partial charge is 0.450 e. The third-order valence-electron chi connectivity index (χ3n) is 5.05. The van der Waals surface area contributed by atoms with Crippen LogP contribution in [-0.2, 0) is 9.47 Å². The van der Waals surface area contributed by atoms with Crippen molar-refractivity contribution in [1.82, 2.24) is 19.8 Å². The van der Waals surface area contributed by atoms with E-state index in [9.17, 15) is 9.59 Å². The number of aromatic nitrogens is 2. The highest BCUT2D eigenvalue weighted by Crippen LogP contribution is 2.30. The van der Waals surface area contributed by atoms with Crippen LogP contribution in [0.25, 0.3) is 0 Å². The zero-order valence-corrected chi connectivity index (χ0v) is 17.0. The Bertz CT molecular complexity index is 660. The molecule has 1 aromatic heterocycles. The van der Waals surface area contributed by atoms with Gasteiger partial charge in [-0.15, -0.1) is 0 Å². The second-order valence-electron chi connectivity index (χ2n) is 6.78. The number of amides is 2. The van der Waals surface area contributed by atoms with Crippen LogP contribution in [-0.4, -0.2) is 97.5 Å². The molecule has 2 aliphatic heterocycles. The van der Waals surface area contributed by atoms with Crippen molar-refractivity contribution in [3.63, 3.8) is 0 Å². The summed E-state index contributed by atoms with van der Waals surface area (Å²) in [5.74, 6) is 1.35. The molecule has 160 valence electrons. The maximum absolute atomic E-state index is 11.9. The highest BCUT2D eigenvalue weighted by molar-refractivity contribution is 5.76. The third-order valence-corrected chi connectivity index (χ3v) is 5.05. The third kappa shape index (κ3) is 4.72. The topological polar surface area (TPSA) is 117 Å². The fourth-order valence-corrected chi connectivity index (χ4v) is 3.51. The molecule has 3 rings (SSSR count). The fourth-order valence-electron chi connectivity index (χ4n) is 3.51. The van der Waals surface area contributed by atoms with Crippen LogP contribution in [0, 0.1) is 0 Å². The molecule has 0 aliphatic carbocycles. The molecule has 0 spiro atoms. The SMILES string of the molecule is CCOC(=O)N1CCN(c2ncnc(N3CCN(C(=O)OCC)CC3)c2N)CC1. The van der Waals surface area contributed by atoms with Crippen molar-refractivity contribution >= 4 is 29.5 Å². The van der Waals surface area contributed by atoms with Crippen molar-refractivity contribution in [2.75, 3.05) is 81.1 Å². The molecule has 0 aromatic carbocycles. The summed E-state index contributed by atoms with van der Waals surface area (Å²) in [6.07, 6.45) is 0.933. The van der Waals surface area contributed by atoms with Crippen LogP contribution in [0.1, 0.15) is 13.8 Å². The van der Waals surface area contributed by atoms with Crippen molar-refractivity contribution < 1.29 is 19.1 Å². The summed E-state index contributed by atoms with van der Waals surface area (Å²) in [6.45, 7) is 9.01. The average molecular weight is 407 g/mol. The quantitative estimate of drug-likeness (QED) is 0.766. The molecule has 0 atom stereocenters. The Hall–Kier alpha value is -2.98. The maximum atomic E-state index is 11.9. The van der Waals surface area contributed by atoms with Crippen LogP contribution < -0.4 is 15.5 Å². The van der Waals surface area contributed by atoms with E-state index in [4.69, 9.17) is 15.2 Å². The molecule has 2 N–H and O–H groups in total. The Morgan fingerprint density at radius 2 is 1.21 bits per heavy atom. The van der Waals surface area contributed by atoms with E-state index in [1.165, 1.54) is 6.33 Å². The predicted octanol–water partition coefficient (Wildman–Crippen LogP) is 0.616. The van der Waals surface area contributed by atoms with Crippen LogP contribution in [0.15, 0.2) is 6.33 Å². The Kier molecular flexibility index (Phi) is 6.78. The van der Waals surface area contributed by atoms with Crippen LogP contribution >= 0.6 is 0 Å². The minimum absolute atomic E-state index is 0.289. The Morgan fingerprint density at radius 3 is 1.55 bits per heavy atom. The number of nitrogens with zero attached hydrogens (tertiary/aromatic N) is 6. The number of hydrogen-bond donors (Lipinski definition) is 1. The highest BCUT2D eigenvalue weighted by atomic mass is 16.6. The number of carbonyl (C=O) groups excluding carboxylic acids is 2. The highest BCUT2D eigenvalue weighted by Gasteiger charge is 2.28. The smallest absolute Gasteiger partial charge is 0.409 e. The molecule has 0 saturated carbocycles. The first-order chi connectivity index (χ1) is 14.0. The van der Waals surface area contributed by atoms with Crippen LogP contribution in [0.3, 0.4) is 0 Å². The van der Waals surface area contributed by atoms with Gasteiger partial charge in [0.15, 0.2) is 11.6 Å². The lowest BCUT2D eigenvalue weighted by atomic mass is 10.2. The van der Waals surface area contributed by atoms with Gasteiger partial charge in [0.05, 0.1) is 13.2 Å². The van der Waals surface area contributed by atoms with Crippen LogP contribution in [0.5, 0.6) is 0 Å². The van der Waals surface area contributed by atoms with E-state index in [2.05, 4.69) is 19.8 Å². The number of ether oxygens (including phenoxy) is 2. The minimum Gasteiger partial charge on any atom is -0.450 e. The number of nitrogens with two attached hydrogens (primary N) is 1. The van der Waals surface area contributed by atoms with E-state index in [1.807, 2.05) is 0 Å². The normalized spacial score (nSPS) is 17.3. The number of nitrogen functional groups attached to an aromatic ring is 1. The lowest BCUT2D eigenvalue weighted by Gasteiger charge is -2.37. The minimum atomic E-state index is -0.289. The zero-order chi connectivity index (χ0) is 20.8. The molecule has 2 amide bonds. The summed E-state index contributed by atoms with van der Waals surface area (Å²) in [7, 11) is 0. The van der Waals surface area contributed by atoms with Gasteiger partial charge in [-0.05, 0) is 13.8 Å². The molecule has 0 unspecified atom stereocenters. The molecule has 3 heterocycles. The van der Waals surface area contributed by atoms with Gasteiger partial charge in [-0.25, -0.2) is 19.6 Å². The fraction of sp³-hybridized carbons (Fsp3) is 0.667. The predicted molar refractivity (Wildman–Crippen MR) is 108 cm³/mol. The standard InChI is InChI=1S/C18H29N7O4/c1-3-28-17(26)24-9-5-22(6-10-24)15-14(19)16(21-13-20-15)23-7-11-25(12-8-23)18(27)29-4-2/h13H,3-12,19H2,1-2H3. The van der Waals surface area contributed by atoms with E-state index in [0.717, 1.165) is 0 Å². The number of rotatable bonds is 4. The van der Waals surface area contributed by atoms with E-state index in [-0.39, 0.29) is 12.2 Å². The van der Waals surface area contributed by atoms with E-state index in [0.29, 0.717) is 82.9 Å². The first-order valence-electron chi connectivity index (χ1n) is 9.98. The summed E-state index contributed by atoms with van der Waals surface area (Å²) < 4.78 is 10.1. The van der Waals surface area contributed by atoms with E-state index < -0.39 is 0 Å². The molecule has 11 heteroatoms. The Labute approximate surface area is 170 Å². The summed E-state index contributed by atoms with van der Waals surface area (Å²) in [6, 6.07) is 0. The van der Waals surface area contributed by atoms with Crippen LogP contribution in [0.4, 0.5) is 26.9 Å². The summed E-state index contributed by atoms with van der Waals surface area (Å²) in [5, 5.41) is 0. The number of carbonyl (C=O) groups is 2. The molecule has 0 radical (unpaired) electrons. The number of anilines is 3. The second kappa shape index (κ2) is 9.48. The van der Waals surface area contributed by atoms with Gasteiger partial charge in [-0.2, -0.15) is 0 Å². The first kappa shape index (κ1) is 20.7. The van der Waals surface area contributed by atoms with Gasteiger partial charge < -0.3 is 34.8 Å². The van der Waals surface area contributed by atoms with Gasteiger partial charge in [0, 0.05) is 52.4 Å². The molecule has 0 bridgehead atoms. The number of piperazine rings is 2. The lowest BCUT2D eigenvalue weighted by Crippen LogP contribution is -2.50. The van der Waals surface area contributed by atoms with E-state index in [1.54, 1.807) is 23.6 Å². The molecule has 1 aromatic rings.